The molecule has 1 saturated heterocycles. The molecule has 16 heavy (non-hydrogen) atoms. The number of hydrogen-bond acceptors (Lipinski definition) is 4. The summed E-state index contributed by atoms with van der Waals surface area (Å²) in [5.41, 5.74) is 2.06. The standard InChI is InChI=1S/C11H17N3O2/c12-9-11(3-1-2-4-11)10(15)13-14-5-7-16-8-6-14/h1-8H2,(H,13,15). The summed E-state index contributed by atoms with van der Waals surface area (Å²) in [6.45, 7) is 2.68. The van der Waals surface area contributed by atoms with Crippen LogP contribution in [0.15, 0.2) is 0 Å². The number of nitrogens with zero attached hydrogens (tertiary/aromatic N) is 2. The molecule has 1 N–H and O–H groups in total. The maximum Gasteiger partial charge on any atom is 0.254 e. The molecule has 0 aromatic rings. The SMILES string of the molecule is N#CC1(C(=O)NN2CCOCC2)CCCC1. The molecule has 0 aromatic heterocycles. The van der Waals surface area contributed by atoms with E-state index in [0.29, 0.717) is 39.1 Å². The minimum Gasteiger partial charge on any atom is -0.379 e. The highest BCUT2D eigenvalue weighted by Gasteiger charge is 2.42. The second kappa shape index (κ2) is 4.81. The Kier molecular flexibility index (Phi) is 3.42. The van der Waals surface area contributed by atoms with Gasteiger partial charge < -0.3 is 4.74 Å². The number of carbonyl (C=O) groups is 1. The fraction of sp³-hybridized carbons (Fsp3) is 0.818. The zero-order valence-corrected chi connectivity index (χ0v) is 9.37. The van der Waals surface area contributed by atoms with E-state index in [0.717, 1.165) is 12.8 Å². The van der Waals surface area contributed by atoms with Crippen molar-refractivity contribution in [2.75, 3.05) is 26.3 Å². The Labute approximate surface area is 95.3 Å². The van der Waals surface area contributed by atoms with Gasteiger partial charge in [0, 0.05) is 13.1 Å². The van der Waals surface area contributed by atoms with Crippen LogP contribution in [0.25, 0.3) is 0 Å². The summed E-state index contributed by atoms with van der Waals surface area (Å²) in [4.78, 5) is 12.1. The third-order valence-corrected chi connectivity index (χ3v) is 3.38. The minimum absolute atomic E-state index is 0.130. The number of carbonyl (C=O) groups excluding carboxylic acids is 1. The zero-order chi connectivity index (χ0) is 11.4. The summed E-state index contributed by atoms with van der Waals surface area (Å²) in [5, 5.41) is 11.0. The molecule has 2 aliphatic rings. The number of nitriles is 1. The second-order valence-electron chi connectivity index (χ2n) is 4.44. The quantitative estimate of drug-likeness (QED) is 0.737. The first kappa shape index (κ1) is 11.4. The molecule has 1 aliphatic carbocycles. The molecule has 1 heterocycles. The molecule has 0 aromatic carbocycles. The van der Waals surface area contributed by atoms with E-state index in [1.807, 2.05) is 5.01 Å². The Bertz CT molecular complexity index is 299. The third kappa shape index (κ3) is 2.18. The number of amides is 1. The van der Waals surface area contributed by atoms with E-state index in [4.69, 9.17) is 10.00 Å². The molecule has 1 amide bonds. The molecule has 0 atom stereocenters. The lowest BCUT2D eigenvalue weighted by molar-refractivity contribution is -0.135. The molecule has 2 fully saturated rings. The van der Waals surface area contributed by atoms with Crippen molar-refractivity contribution in [1.29, 1.82) is 5.26 Å². The average molecular weight is 223 g/mol. The van der Waals surface area contributed by atoms with E-state index in [9.17, 15) is 4.79 Å². The van der Waals surface area contributed by atoms with Crippen molar-refractivity contribution in [2.24, 2.45) is 5.41 Å². The van der Waals surface area contributed by atoms with E-state index in [1.165, 1.54) is 0 Å². The monoisotopic (exact) mass is 223 g/mol. The van der Waals surface area contributed by atoms with Gasteiger partial charge in [-0.05, 0) is 12.8 Å². The van der Waals surface area contributed by atoms with Gasteiger partial charge in [0.2, 0.25) is 0 Å². The van der Waals surface area contributed by atoms with Gasteiger partial charge in [0.05, 0.1) is 19.3 Å². The van der Waals surface area contributed by atoms with E-state index in [-0.39, 0.29) is 5.91 Å². The van der Waals surface area contributed by atoms with E-state index >= 15 is 0 Å². The summed E-state index contributed by atoms with van der Waals surface area (Å²) >= 11 is 0. The molecule has 1 aliphatic heterocycles. The van der Waals surface area contributed by atoms with E-state index in [1.54, 1.807) is 0 Å². The third-order valence-electron chi connectivity index (χ3n) is 3.38. The van der Waals surface area contributed by atoms with E-state index in [2.05, 4.69) is 11.5 Å². The summed E-state index contributed by atoms with van der Waals surface area (Å²) < 4.78 is 5.20. The highest BCUT2D eigenvalue weighted by Crippen LogP contribution is 2.37. The van der Waals surface area contributed by atoms with Gasteiger partial charge in [-0.1, -0.05) is 12.8 Å². The smallest absolute Gasteiger partial charge is 0.254 e. The summed E-state index contributed by atoms with van der Waals surface area (Å²) in [6, 6.07) is 2.20. The van der Waals surface area contributed by atoms with Gasteiger partial charge in [-0.2, -0.15) is 5.26 Å². The van der Waals surface area contributed by atoms with Crippen molar-refractivity contribution in [3.8, 4) is 6.07 Å². The van der Waals surface area contributed by atoms with Gasteiger partial charge in [0.15, 0.2) is 0 Å². The van der Waals surface area contributed by atoms with Gasteiger partial charge in [0.1, 0.15) is 5.41 Å². The molecule has 0 spiro atoms. The average Bonchev–Trinajstić information content (AvgIpc) is 2.80. The lowest BCUT2D eigenvalue weighted by Crippen LogP contribution is -2.52. The first-order valence-corrected chi connectivity index (χ1v) is 5.82. The van der Waals surface area contributed by atoms with Gasteiger partial charge >= 0.3 is 0 Å². The summed E-state index contributed by atoms with van der Waals surface area (Å²) in [5.74, 6) is -0.130. The molecule has 5 heteroatoms. The number of hydrazine groups is 1. The van der Waals surface area contributed by atoms with E-state index < -0.39 is 5.41 Å². The van der Waals surface area contributed by atoms with Crippen LogP contribution in [-0.2, 0) is 9.53 Å². The lowest BCUT2D eigenvalue weighted by atomic mass is 9.87. The highest BCUT2D eigenvalue weighted by atomic mass is 16.5. The van der Waals surface area contributed by atoms with Gasteiger partial charge in [0.25, 0.3) is 5.91 Å². The first-order valence-electron chi connectivity index (χ1n) is 5.82. The van der Waals surface area contributed by atoms with Crippen molar-refractivity contribution in [3.63, 3.8) is 0 Å². The van der Waals surface area contributed by atoms with Crippen molar-refractivity contribution >= 4 is 5.91 Å². The van der Waals surface area contributed by atoms with Crippen LogP contribution in [0.3, 0.4) is 0 Å². The molecule has 2 rings (SSSR count). The van der Waals surface area contributed by atoms with Crippen LogP contribution in [0.1, 0.15) is 25.7 Å². The first-order chi connectivity index (χ1) is 7.77. The number of ether oxygens (including phenoxy) is 1. The number of nitrogens with one attached hydrogen (secondary N) is 1. The fourth-order valence-corrected chi connectivity index (χ4v) is 2.29. The summed E-state index contributed by atoms with van der Waals surface area (Å²) in [7, 11) is 0. The predicted octanol–water partition coefficient (Wildman–Crippen LogP) is 0.434. The van der Waals surface area contributed by atoms with Crippen molar-refractivity contribution in [1.82, 2.24) is 10.4 Å². The number of rotatable bonds is 2. The normalized spacial score (nSPS) is 24.9. The van der Waals surface area contributed by atoms with Gasteiger partial charge in [-0.15, -0.1) is 0 Å². The number of morpholine rings is 1. The molecule has 0 bridgehead atoms. The Morgan fingerprint density at radius 1 is 1.31 bits per heavy atom. The fourth-order valence-electron chi connectivity index (χ4n) is 2.29. The van der Waals surface area contributed by atoms with Crippen LogP contribution in [0.2, 0.25) is 0 Å². The highest BCUT2D eigenvalue weighted by molar-refractivity contribution is 5.85. The topological polar surface area (TPSA) is 65.4 Å². The minimum atomic E-state index is -0.779. The van der Waals surface area contributed by atoms with Crippen LogP contribution in [-0.4, -0.2) is 37.2 Å². The molecule has 1 saturated carbocycles. The maximum atomic E-state index is 12.1. The van der Waals surface area contributed by atoms with Gasteiger partial charge in [-0.25, -0.2) is 5.01 Å². The zero-order valence-electron chi connectivity index (χ0n) is 9.37. The summed E-state index contributed by atoms with van der Waals surface area (Å²) in [6.07, 6.45) is 3.34. The van der Waals surface area contributed by atoms with Gasteiger partial charge in [-0.3, -0.25) is 10.2 Å². The molecular formula is C11H17N3O2. The molecule has 0 radical (unpaired) electrons. The van der Waals surface area contributed by atoms with Crippen LogP contribution in [0, 0.1) is 16.7 Å². The Morgan fingerprint density at radius 3 is 2.50 bits per heavy atom. The largest absolute Gasteiger partial charge is 0.379 e. The van der Waals surface area contributed by atoms with Crippen molar-refractivity contribution in [2.45, 2.75) is 25.7 Å². The number of hydrogen-bond donors (Lipinski definition) is 1. The van der Waals surface area contributed by atoms with Crippen LogP contribution < -0.4 is 5.43 Å². The lowest BCUT2D eigenvalue weighted by Gasteiger charge is -2.30. The Morgan fingerprint density at radius 2 is 1.94 bits per heavy atom. The van der Waals surface area contributed by atoms with Crippen LogP contribution in [0.4, 0.5) is 0 Å². The maximum absolute atomic E-state index is 12.1. The molecule has 5 nitrogen and oxygen atoms in total. The van der Waals surface area contributed by atoms with Crippen LogP contribution >= 0.6 is 0 Å². The molecular weight excluding hydrogens is 206 g/mol. The Balaban J connectivity index is 1.93. The Hall–Kier alpha value is -1.12. The second-order valence-corrected chi connectivity index (χ2v) is 4.44. The van der Waals surface area contributed by atoms with Crippen LogP contribution in [0.5, 0.6) is 0 Å². The van der Waals surface area contributed by atoms with Crippen molar-refractivity contribution in [3.05, 3.63) is 0 Å². The van der Waals surface area contributed by atoms with Crippen molar-refractivity contribution < 1.29 is 9.53 Å². The predicted molar refractivity (Wildman–Crippen MR) is 57.0 cm³/mol. The molecule has 0 unspecified atom stereocenters. The molecule has 88 valence electrons.